The lowest BCUT2D eigenvalue weighted by molar-refractivity contribution is -0.141. The average molecular weight is 614 g/mol. The van der Waals surface area contributed by atoms with E-state index in [-0.39, 0.29) is 55.4 Å². The fourth-order valence-electron chi connectivity index (χ4n) is 3.58. The van der Waals surface area contributed by atoms with E-state index in [0.29, 0.717) is 0 Å². The minimum atomic E-state index is -4.63. The molecule has 0 bridgehead atoms. The number of hydrogen-bond donors (Lipinski definition) is 2. The Balaban J connectivity index is 1.21. The van der Waals surface area contributed by atoms with Gasteiger partial charge in [-0.25, -0.2) is 14.1 Å². The number of nitrogens with zero attached hydrogens (tertiary/aromatic N) is 8. The summed E-state index contributed by atoms with van der Waals surface area (Å²) in [5.74, 6) is -1.47. The minimum Gasteiger partial charge on any atom is -0.345 e. The van der Waals surface area contributed by atoms with Crippen LogP contribution in [0, 0.1) is 0 Å². The van der Waals surface area contributed by atoms with Crippen molar-refractivity contribution in [1.82, 2.24) is 50.6 Å². The molecule has 43 heavy (non-hydrogen) atoms. The van der Waals surface area contributed by atoms with Crippen molar-refractivity contribution in [2.45, 2.75) is 51.1 Å². The third-order valence-corrected chi connectivity index (χ3v) is 5.70. The number of hydrogen-bond acceptors (Lipinski definition) is 8. The predicted octanol–water partition coefficient (Wildman–Crippen LogP) is 2.99. The van der Waals surface area contributed by atoms with E-state index in [9.17, 15) is 40.3 Å². The lowest BCUT2D eigenvalue weighted by Gasteiger charge is -2.08. The Morgan fingerprint density at radius 1 is 0.837 bits per heavy atom. The highest BCUT2D eigenvalue weighted by molar-refractivity contribution is 5.92. The number of carbonyl (C=O) groups excluding carboxylic acids is 2. The van der Waals surface area contributed by atoms with Gasteiger partial charge in [-0.15, -0.1) is 10.2 Å². The second-order valence-corrected chi connectivity index (χ2v) is 8.99. The van der Waals surface area contributed by atoms with E-state index >= 15 is 0 Å². The predicted molar refractivity (Wildman–Crippen MR) is 130 cm³/mol. The van der Waals surface area contributed by atoms with Gasteiger partial charge >= 0.3 is 12.4 Å². The van der Waals surface area contributed by atoms with E-state index in [2.05, 4.69) is 41.2 Å². The van der Waals surface area contributed by atoms with Gasteiger partial charge in [-0.3, -0.25) is 19.3 Å². The highest BCUT2D eigenvalue weighted by Gasteiger charge is 2.32. The molecule has 1 atom stereocenters. The Bertz CT molecular complexity index is 1570. The van der Waals surface area contributed by atoms with Gasteiger partial charge in [0.1, 0.15) is 11.9 Å². The first-order valence-corrected chi connectivity index (χ1v) is 12.3. The highest BCUT2D eigenvalue weighted by atomic mass is 19.4. The van der Waals surface area contributed by atoms with Crippen molar-refractivity contribution in [1.29, 1.82) is 0 Å². The maximum absolute atomic E-state index is 14.6. The van der Waals surface area contributed by atoms with Gasteiger partial charge in [-0.05, 0) is 24.3 Å². The van der Waals surface area contributed by atoms with Crippen molar-refractivity contribution >= 4 is 11.8 Å². The Hall–Kier alpha value is -4.97. The first kappa shape index (κ1) is 31.0. The van der Waals surface area contributed by atoms with Crippen LogP contribution in [0.4, 0.5) is 30.7 Å². The maximum atomic E-state index is 14.6. The number of amides is 2. The molecule has 0 saturated carbocycles. The van der Waals surface area contributed by atoms with Crippen molar-refractivity contribution in [3.8, 4) is 0 Å². The molecule has 1 unspecified atom stereocenters. The second-order valence-electron chi connectivity index (χ2n) is 8.99. The van der Waals surface area contributed by atoms with Crippen molar-refractivity contribution in [2.75, 3.05) is 0 Å². The summed E-state index contributed by atoms with van der Waals surface area (Å²) >= 11 is 0. The summed E-state index contributed by atoms with van der Waals surface area (Å²) in [5.41, 5.74) is -2.38. The minimum absolute atomic E-state index is 0.00264. The lowest BCUT2D eigenvalue weighted by Crippen LogP contribution is -2.24. The number of nitrogens with one attached hydrogen (secondary N) is 2. The molecular formula is C24H21F7N10O2. The van der Waals surface area contributed by atoms with Crippen LogP contribution in [0.15, 0.2) is 48.9 Å². The van der Waals surface area contributed by atoms with Gasteiger partial charge in [-0.2, -0.15) is 26.3 Å². The zero-order valence-electron chi connectivity index (χ0n) is 21.8. The number of rotatable bonds is 11. The van der Waals surface area contributed by atoms with Gasteiger partial charge in [0.15, 0.2) is 11.4 Å². The molecule has 0 aliphatic heterocycles. The molecule has 0 aromatic carbocycles. The number of alkyl halides is 7. The fourth-order valence-corrected chi connectivity index (χ4v) is 3.58. The lowest BCUT2D eigenvalue weighted by atomic mass is 10.2. The van der Waals surface area contributed by atoms with Gasteiger partial charge in [0, 0.05) is 19.2 Å². The maximum Gasteiger partial charge on any atom is 0.433 e. The topological polar surface area (TPSA) is 145 Å². The number of carbonyl (C=O) groups is 2. The smallest absolute Gasteiger partial charge is 0.345 e. The highest BCUT2D eigenvalue weighted by Crippen LogP contribution is 2.29. The molecule has 12 nitrogen and oxygen atoms in total. The Morgan fingerprint density at radius 2 is 1.47 bits per heavy atom. The van der Waals surface area contributed by atoms with E-state index in [1.54, 1.807) is 0 Å². The molecule has 4 rings (SSSR count). The van der Waals surface area contributed by atoms with Gasteiger partial charge in [-0.1, -0.05) is 16.5 Å². The normalized spacial score (nSPS) is 12.6. The molecular weight excluding hydrogens is 593 g/mol. The van der Waals surface area contributed by atoms with Crippen LogP contribution >= 0.6 is 0 Å². The zero-order valence-corrected chi connectivity index (χ0v) is 21.8. The molecule has 2 N–H and O–H groups in total. The van der Waals surface area contributed by atoms with Crippen molar-refractivity contribution in [3.63, 3.8) is 0 Å². The molecule has 0 saturated heterocycles. The molecule has 0 aliphatic rings. The molecule has 4 aromatic heterocycles. The van der Waals surface area contributed by atoms with Gasteiger partial charge in [0.2, 0.25) is 0 Å². The second kappa shape index (κ2) is 12.9. The standard InChI is InChI=1S/C24H21F7N10O2/c25-15(11-41-13-19(37-39-41)22(43)34-10-17-8-14(4-6-32-17)23(26,27)28)5-7-40-12-18(36-38-40)21(42)33-9-16-2-1-3-20(35-16)24(29,30)31/h1-4,6,8,12-13,15H,5,7,9-11H2,(H,33,42)(H,34,43). The number of aryl methyl sites for hydroxylation is 1. The summed E-state index contributed by atoms with van der Waals surface area (Å²) in [6.45, 7) is -0.881. The number of halogens is 7. The molecule has 4 aromatic rings. The van der Waals surface area contributed by atoms with Crippen LogP contribution in [-0.2, 0) is 38.5 Å². The summed E-state index contributed by atoms with van der Waals surface area (Å²) in [5, 5.41) is 19.5. The van der Waals surface area contributed by atoms with Crippen molar-refractivity contribution in [3.05, 3.63) is 83.0 Å². The van der Waals surface area contributed by atoms with Gasteiger partial charge < -0.3 is 10.6 Å². The number of aromatic nitrogens is 8. The Labute approximate surface area is 237 Å². The van der Waals surface area contributed by atoms with Gasteiger partial charge in [0.05, 0.1) is 49.0 Å². The molecule has 228 valence electrons. The van der Waals surface area contributed by atoms with Gasteiger partial charge in [0.25, 0.3) is 11.8 Å². The SMILES string of the molecule is O=C(NCc1cccc(C(F)(F)F)n1)c1cn(CCC(F)Cn2cc(C(=O)NCc3cc(C(F)(F)F)ccn3)nn2)nn1. The van der Waals surface area contributed by atoms with E-state index in [1.807, 2.05) is 0 Å². The largest absolute Gasteiger partial charge is 0.433 e. The molecule has 0 aliphatic carbocycles. The first-order valence-electron chi connectivity index (χ1n) is 12.3. The van der Waals surface area contributed by atoms with E-state index in [0.717, 1.165) is 35.1 Å². The van der Waals surface area contributed by atoms with Crippen LogP contribution in [0.1, 0.15) is 50.0 Å². The van der Waals surface area contributed by atoms with Crippen molar-refractivity contribution < 1.29 is 40.3 Å². The fraction of sp³-hybridized carbons (Fsp3) is 0.333. The first-order chi connectivity index (χ1) is 20.3. The number of pyridine rings is 2. The average Bonchev–Trinajstić information content (AvgIpc) is 3.63. The molecule has 0 spiro atoms. The van der Waals surface area contributed by atoms with E-state index < -0.39 is 41.6 Å². The summed E-state index contributed by atoms with van der Waals surface area (Å²) in [7, 11) is 0. The van der Waals surface area contributed by atoms with E-state index in [4.69, 9.17) is 0 Å². The third kappa shape index (κ3) is 8.76. The molecule has 0 radical (unpaired) electrons. The summed E-state index contributed by atoms with van der Waals surface area (Å²) in [4.78, 5) is 31.8. The van der Waals surface area contributed by atoms with Crippen LogP contribution < -0.4 is 10.6 Å². The zero-order chi connectivity index (χ0) is 31.2. The van der Waals surface area contributed by atoms with Crippen LogP contribution in [-0.4, -0.2) is 57.9 Å². The molecule has 4 heterocycles. The van der Waals surface area contributed by atoms with Crippen LogP contribution in [0.25, 0.3) is 0 Å². The Morgan fingerprint density at radius 3 is 2.12 bits per heavy atom. The monoisotopic (exact) mass is 614 g/mol. The quantitative estimate of drug-likeness (QED) is 0.246. The molecule has 0 fully saturated rings. The summed E-state index contributed by atoms with van der Waals surface area (Å²) < 4.78 is 93.7. The summed E-state index contributed by atoms with van der Waals surface area (Å²) in [6.07, 6.45) is -7.40. The Kier molecular flexibility index (Phi) is 9.30. The van der Waals surface area contributed by atoms with Crippen molar-refractivity contribution in [2.24, 2.45) is 0 Å². The van der Waals surface area contributed by atoms with E-state index in [1.165, 1.54) is 23.1 Å². The molecule has 2 amide bonds. The van der Waals surface area contributed by atoms with Crippen LogP contribution in [0.5, 0.6) is 0 Å². The third-order valence-electron chi connectivity index (χ3n) is 5.70. The molecule has 19 heteroatoms. The summed E-state index contributed by atoms with van der Waals surface area (Å²) in [6, 6.07) is 4.89. The van der Waals surface area contributed by atoms with Crippen LogP contribution in [0.2, 0.25) is 0 Å². The van der Waals surface area contributed by atoms with Crippen LogP contribution in [0.3, 0.4) is 0 Å².